The molecule has 2 heterocycles. The standard InChI is InChI=1S/C30H35N3O3/c1-6-7-19-13-23(19)21-14-25(30(34)36-5)29(31-16-21)32-22-9-10-27-24(15-22)26(17-33(27)3)20-8-11-28(35-4)18(2)12-20/h8-12,14-19,23,28H,6-7,13H2,1-5H3,(H,31,32). The number of hydrogen-bond donors (Lipinski definition) is 1. The SMILES string of the molecule is CCCC1CC1c1cnc(Nc2ccc3c(c2)c(C2=CC(C)C(OC)C=C2)cn3C)c(C(=O)OC)c1. The fourth-order valence-electron chi connectivity index (χ4n) is 5.51. The summed E-state index contributed by atoms with van der Waals surface area (Å²) >= 11 is 0. The van der Waals surface area contributed by atoms with E-state index in [0.717, 1.165) is 22.2 Å². The van der Waals surface area contributed by atoms with Crippen LogP contribution < -0.4 is 5.32 Å². The molecule has 6 heteroatoms. The van der Waals surface area contributed by atoms with Crippen molar-refractivity contribution < 1.29 is 14.3 Å². The number of benzene rings is 1. The quantitative estimate of drug-likeness (QED) is 0.364. The maximum absolute atomic E-state index is 12.7. The average Bonchev–Trinajstić information content (AvgIpc) is 3.58. The minimum absolute atomic E-state index is 0.0969. The molecular weight excluding hydrogens is 450 g/mol. The van der Waals surface area contributed by atoms with E-state index >= 15 is 0 Å². The van der Waals surface area contributed by atoms with Gasteiger partial charge in [0, 0.05) is 54.6 Å². The van der Waals surface area contributed by atoms with Crippen LogP contribution in [0.3, 0.4) is 0 Å². The Balaban J connectivity index is 1.47. The Kier molecular flexibility index (Phi) is 6.71. The van der Waals surface area contributed by atoms with Crippen LogP contribution in [0.4, 0.5) is 11.5 Å². The number of nitrogens with one attached hydrogen (secondary N) is 1. The van der Waals surface area contributed by atoms with Crippen molar-refractivity contribution >= 4 is 34.0 Å². The zero-order valence-corrected chi connectivity index (χ0v) is 21.7. The van der Waals surface area contributed by atoms with Crippen molar-refractivity contribution in [3.63, 3.8) is 0 Å². The van der Waals surface area contributed by atoms with Crippen LogP contribution in [0.2, 0.25) is 0 Å². The number of anilines is 2. The van der Waals surface area contributed by atoms with Crippen LogP contribution in [0.25, 0.3) is 16.5 Å². The molecule has 0 bridgehead atoms. The lowest BCUT2D eigenvalue weighted by atomic mass is 9.91. The molecule has 1 fully saturated rings. The molecule has 6 nitrogen and oxygen atoms in total. The predicted molar refractivity (Wildman–Crippen MR) is 145 cm³/mol. The number of methoxy groups -OCH3 is 2. The molecule has 188 valence electrons. The highest BCUT2D eigenvalue weighted by atomic mass is 16.5. The molecule has 1 saturated carbocycles. The summed E-state index contributed by atoms with van der Waals surface area (Å²) in [6.45, 7) is 4.39. The fraction of sp³-hybridized carbons (Fsp3) is 0.400. The molecule has 5 rings (SSSR count). The van der Waals surface area contributed by atoms with E-state index in [0.29, 0.717) is 29.1 Å². The van der Waals surface area contributed by atoms with E-state index in [1.807, 2.05) is 18.3 Å². The molecule has 4 atom stereocenters. The Morgan fingerprint density at radius 1 is 1.25 bits per heavy atom. The number of allylic oxidation sites excluding steroid dienone is 2. The summed E-state index contributed by atoms with van der Waals surface area (Å²) in [5.74, 6) is 1.63. The lowest BCUT2D eigenvalue weighted by molar-refractivity contribution is 0.0601. The maximum atomic E-state index is 12.7. The lowest BCUT2D eigenvalue weighted by Crippen LogP contribution is -2.18. The number of pyridine rings is 1. The van der Waals surface area contributed by atoms with Crippen molar-refractivity contribution in [2.75, 3.05) is 19.5 Å². The molecule has 1 aromatic carbocycles. The maximum Gasteiger partial charge on any atom is 0.341 e. The summed E-state index contributed by atoms with van der Waals surface area (Å²) in [4.78, 5) is 17.3. The van der Waals surface area contributed by atoms with Gasteiger partial charge in [-0.15, -0.1) is 0 Å². The molecule has 3 aromatic rings. The summed E-state index contributed by atoms with van der Waals surface area (Å²) in [7, 11) is 5.23. The summed E-state index contributed by atoms with van der Waals surface area (Å²) in [5, 5.41) is 4.53. The van der Waals surface area contributed by atoms with E-state index in [4.69, 9.17) is 9.47 Å². The summed E-state index contributed by atoms with van der Waals surface area (Å²) in [6.07, 6.45) is 14.3. The highest BCUT2D eigenvalue weighted by Crippen LogP contribution is 2.50. The van der Waals surface area contributed by atoms with Gasteiger partial charge in [0.2, 0.25) is 0 Å². The molecule has 1 N–H and O–H groups in total. The summed E-state index contributed by atoms with van der Waals surface area (Å²) in [5.41, 5.74) is 5.96. The van der Waals surface area contributed by atoms with Crippen molar-refractivity contribution in [1.82, 2.24) is 9.55 Å². The van der Waals surface area contributed by atoms with Gasteiger partial charge in [0.15, 0.2) is 0 Å². The molecule has 36 heavy (non-hydrogen) atoms. The van der Waals surface area contributed by atoms with Gasteiger partial charge in [0.1, 0.15) is 11.4 Å². The fourth-order valence-corrected chi connectivity index (χ4v) is 5.51. The molecule has 0 saturated heterocycles. The Morgan fingerprint density at radius 3 is 2.81 bits per heavy atom. The van der Waals surface area contributed by atoms with E-state index in [1.165, 1.54) is 37.5 Å². The molecule has 0 aliphatic heterocycles. The number of rotatable bonds is 8. The molecule has 2 aliphatic carbocycles. The summed E-state index contributed by atoms with van der Waals surface area (Å²) in [6, 6.07) is 8.21. The Morgan fingerprint density at radius 2 is 2.08 bits per heavy atom. The van der Waals surface area contributed by atoms with Crippen LogP contribution in [-0.4, -0.2) is 35.8 Å². The van der Waals surface area contributed by atoms with Gasteiger partial charge >= 0.3 is 5.97 Å². The normalized spacial score (nSPS) is 23.0. The highest BCUT2D eigenvalue weighted by Gasteiger charge is 2.38. The summed E-state index contributed by atoms with van der Waals surface area (Å²) < 4.78 is 12.8. The topological polar surface area (TPSA) is 65.4 Å². The second-order valence-corrected chi connectivity index (χ2v) is 10.1. The third kappa shape index (κ3) is 4.58. The van der Waals surface area contributed by atoms with Crippen LogP contribution >= 0.6 is 0 Å². The first-order valence-corrected chi connectivity index (χ1v) is 12.8. The van der Waals surface area contributed by atoms with E-state index in [9.17, 15) is 4.79 Å². The second kappa shape index (κ2) is 9.94. The van der Waals surface area contributed by atoms with Crippen LogP contribution in [0.1, 0.15) is 60.5 Å². The van der Waals surface area contributed by atoms with Crippen molar-refractivity contribution in [2.24, 2.45) is 18.9 Å². The van der Waals surface area contributed by atoms with Crippen LogP contribution in [0.15, 0.2) is 54.9 Å². The van der Waals surface area contributed by atoms with Crippen molar-refractivity contribution in [3.8, 4) is 0 Å². The van der Waals surface area contributed by atoms with Gasteiger partial charge in [-0.1, -0.05) is 44.9 Å². The average molecular weight is 486 g/mol. The van der Waals surface area contributed by atoms with Crippen LogP contribution in [0.5, 0.6) is 0 Å². The lowest BCUT2D eigenvalue weighted by Gasteiger charge is -2.21. The van der Waals surface area contributed by atoms with Crippen molar-refractivity contribution in [2.45, 2.75) is 45.1 Å². The van der Waals surface area contributed by atoms with Gasteiger partial charge in [-0.25, -0.2) is 9.78 Å². The minimum Gasteiger partial charge on any atom is -0.465 e. The third-order valence-corrected chi connectivity index (χ3v) is 7.59. The molecule has 4 unspecified atom stereocenters. The highest BCUT2D eigenvalue weighted by molar-refractivity contribution is 5.99. The van der Waals surface area contributed by atoms with Crippen molar-refractivity contribution in [1.29, 1.82) is 0 Å². The first-order valence-electron chi connectivity index (χ1n) is 12.8. The predicted octanol–water partition coefficient (Wildman–Crippen LogP) is 6.61. The number of fused-ring (bicyclic) bond motifs is 1. The van der Waals surface area contributed by atoms with Gasteiger partial charge in [-0.3, -0.25) is 0 Å². The van der Waals surface area contributed by atoms with E-state index < -0.39 is 0 Å². The van der Waals surface area contributed by atoms with E-state index in [-0.39, 0.29) is 12.1 Å². The second-order valence-electron chi connectivity index (χ2n) is 10.1. The zero-order valence-electron chi connectivity index (χ0n) is 21.7. The number of hydrogen-bond acceptors (Lipinski definition) is 5. The van der Waals surface area contributed by atoms with Crippen molar-refractivity contribution in [3.05, 3.63) is 71.6 Å². The van der Waals surface area contributed by atoms with Gasteiger partial charge in [-0.05, 0) is 53.7 Å². The number of aromatic nitrogens is 2. The van der Waals surface area contributed by atoms with Crippen LogP contribution in [0, 0.1) is 11.8 Å². The van der Waals surface area contributed by atoms with E-state index in [2.05, 4.69) is 72.3 Å². The Labute approximate surface area is 213 Å². The molecular formula is C30H35N3O3. The minimum atomic E-state index is -0.375. The number of carbonyl (C=O) groups excluding carboxylic acids is 1. The van der Waals surface area contributed by atoms with Gasteiger partial charge in [0.25, 0.3) is 0 Å². The molecule has 0 spiro atoms. The molecule has 2 aromatic heterocycles. The van der Waals surface area contributed by atoms with E-state index in [1.54, 1.807) is 7.11 Å². The number of carbonyl (C=O) groups is 1. The van der Waals surface area contributed by atoms with Gasteiger partial charge in [0.05, 0.1) is 13.2 Å². The third-order valence-electron chi connectivity index (χ3n) is 7.59. The van der Waals surface area contributed by atoms with Crippen LogP contribution in [-0.2, 0) is 16.5 Å². The number of nitrogens with zero attached hydrogens (tertiary/aromatic N) is 2. The Hall–Kier alpha value is -3.38. The largest absolute Gasteiger partial charge is 0.465 e. The molecule has 0 radical (unpaired) electrons. The molecule has 0 amide bonds. The smallest absolute Gasteiger partial charge is 0.341 e. The number of ether oxygens (including phenoxy) is 2. The first-order chi connectivity index (χ1) is 17.4. The first kappa shape index (κ1) is 24.3. The Bertz CT molecular complexity index is 1350. The number of esters is 1. The molecule has 2 aliphatic rings. The van der Waals surface area contributed by atoms with Gasteiger partial charge < -0.3 is 19.4 Å². The monoisotopic (exact) mass is 485 g/mol. The van der Waals surface area contributed by atoms with Gasteiger partial charge in [-0.2, -0.15) is 0 Å². The number of aryl methyl sites for hydroxylation is 1. The zero-order chi connectivity index (χ0) is 25.4.